The molecule has 0 aliphatic carbocycles. The lowest BCUT2D eigenvalue weighted by atomic mass is 10.1. The van der Waals surface area contributed by atoms with Crippen LogP contribution in [0.25, 0.3) is 11.0 Å². The van der Waals surface area contributed by atoms with Gasteiger partial charge < -0.3 is 4.42 Å². The zero-order valence-electron chi connectivity index (χ0n) is 7.63. The summed E-state index contributed by atoms with van der Waals surface area (Å²) in [6, 6.07) is 7.30. The molecule has 0 aliphatic heterocycles. The van der Waals surface area contributed by atoms with Gasteiger partial charge in [0.2, 0.25) is 0 Å². The van der Waals surface area contributed by atoms with Crippen molar-refractivity contribution in [1.29, 1.82) is 0 Å². The Kier molecular flexibility index (Phi) is 1.69. The number of hydrogen-bond donors (Lipinski definition) is 0. The van der Waals surface area contributed by atoms with Gasteiger partial charge in [-0.1, -0.05) is 11.6 Å². The van der Waals surface area contributed by atoms with Gasteiger partial charge >= 0.3 is 5.63 Å². The molecule has 0 aliphatic rings. The van der Waals surface area contributed by atoms with Gasteiger partial charge in [-0.15, -0.1) is 0 Å². The van der Waals surface area contributed by atoms with Crippen LogP contribution in [-0.4, -0.2) is 0 Å². The van der Waals surface area contributed by atoms with E-state index in [1.807, 2.05) is 32.0 Å². The summed E-state index contributed by atoms with van der Waals surface area (Å²) in [7, 11) is 0. The van der Waals surface area contributed by atoms with Crippen molar-refractivity contribution < 1.29 is 4.42 Å². The second kappa shape index (κ2) is 2.73. The van der Waals surface area contributed by atoms with E-state index in [-0.39, 0.29) is 5.63 Å². The lowest BCUT2D eigenvalue weighted by molar-refractivity contribution is 0.560. The van der Waals surface area contributed by atoms with Gasteiger partial charge in [0.1, 0.15) is 5.58 Å². The van der Waals surface area contributed by atoms with Gasteiger partial charge in [0.15, 0.2) is 0 Å². The second-order valence-corrected chi connectivity index (χ2v) is 3.25. The maximum atomic E-state index is 11.0. The summed E-state index contributed by atoms with van der Waals surface area (Å²) >= 11 is 0. The van der Waals surface area contributed by atoms with Crippen molar-refractivity contribution >= 4 is 11.0 Å². The van der Waals surface area contributed by atoms with E-state index in [2.05, 4.69) is 0 Å². The fourth-order valence-electron chi connectivity index (χ4n) is 1.43. The Morgan fingerprint density at radius 3 is 2.69 bits per heavy atom. The molecule has 2 aromatic rings. The number of aryl methyl sites for hydroxylation is 2. The third-order valence-corrected chi connectivity index (χ3v) is 2.10. The standard InChI is InChI=1S/C11H10O2/c1-7-3-4-10-9(5-7)8(2)6-11(12)13-10/h3-6H,1-2H3. The van der Waals surface area contributed by atoms with E-state index in [1.54, 1.807) is 0 Å². The third kappa shape index (κ3) is 1.35. The van der Waals surface area contributed by atoms with Crippen molar-refractivity contribution in [3.05, 3.63) is 45.8 Å². The lowest BCUT2D eigenvalue weighted by Crippen LogP contribution is -1.97. The molecule has 0 amide bonds. The third-order valence-electron chi connectivity index (χ3n) is 2.10. The summed E-state index contributed by atoms with van der Waals surface area (Å²) in [5.41, 5.74) is 2.52. The van der Waals surface area contributed by atoms with Crippen LogP contribution in [0.3, 0.4) is 0 Å². The fraction of sp³-hybridized carbons (Fsp3) is 0.182. The van der Waals surface area contributed by atoms with Crippen LogP contribution in [0.2, 0.25) is 0 Å². The van der Waals surface area contributed by atoms with Crippen LogP contribution in [0.5, 0.6) is 0 Å². The van der Waals surface area contributed by atoms with Crippen molar-refractivity contribution in [1.82, 2.24) is 0 Å². The van der Waals surface area contributed by atoms with Gasteiger partial charge in [-0.25, -0.2) is 4.79 Å². The maximum absolute atomic E-state index is 11.0. The number of benzene rings is 1. The van der Waals surface area contributed by atoms with Crippen LogP contribution >= 0.6 is 0 Å². The first-order valence-electron chi connectivity index (χ1n) is 4.18. The average molecular weight is 174 g/mol. The molecule has 0 bridgehead atoms. The summed E-state index contributed by atoms with van der Waals surface area (Å²) in [5.74, 6) is 0. The molecule has 2 nitrogen and oxygen atoms in total. The molecule has 0 fully saturated rings. The van der Waals surface area contributed by atoms with Gasteiger partial charge in [0, 0.05) is 11.5 Å². The normalized spacial score (nSPS) is 10.6. The summed E-state index contributed by atoms with van der Waals surface area (Å²) in [6.07, 6.45) is 0. The highest BCUT2D eigenvalue weighted by Crippen LogP contribution is 2.17. The van der Waals surface area contributed by atoms with Crippen molar-refractivity contribution in [2.45, 2.75) is 13.8 Å². The van der Waals surface area contributed by atoms with Gasteiger partial charge in [0.05, 0.1) is 0 Å². The predicted molar refractivity (Wildman–Crippen MR) is 52.0 cm³/mol. The second-order valence-electron chi connectivity index (χ2n) is 3.25. The van der Waals surface area contributed by atoms with Crippen molar-refractivity contribution in [3.8, 4) is 0 Å². The molecule has 1 heterocycles. The van der Waals surface area contributed by atoms with Gasteiger partial charge in [-0.2, -0.15) is 0 Å². The lowest BCUT2D eigenvalue weighted by Gasteiger charge is -2.00. The Morgan fingerprint density at radius 1 is 1.15 bits per heavy atom. The maximum Gasteiger partial charge on any atom is 0.336 e. The Balaban J connectivity index is 2.95. The first-order valence-corrected chi connectivity index (χ1v) is 4.18. The average Bonchev–Trinajstić information content (AvgIpc) is 2.06. The Labute approximate surface area is 75.8 Å². The van der Waals surface area contributed by atoms with E-state index in [0.717, 1.165) is 10.9 Å². The molecule has 1 aromatic heterocycles. The smallest absolute Gasteiger partial charge is 0.336 e. The monoisotopic (exact) mass is 174 g/mol. The molecule has 0 unspecified atom stereocenters. The zero-order valence-corrected chi connectivity index (χ0v) is 7.63. The minimum atomic E-state index is -0.283. The summed E-state index contributed by atoms with van der Waals surface area (Å²) in [5, 5.41) is 1.01. The Hall–Kier alpha value is -1.57. The van der Waals surface area contributed by atoms with E-state index >= 15 is 0 Å². The van der Waals surface area contributed by atoms with Gasteiger partial charge in [-0.05, 0) is 31.5 Å². The van der Waals surface area contributed by atoms with Gasteiger partial charge in [-0.3, -0.25) is 0 Å². The molecule has 0 spiro atoms. The number of rotatable bonds is 0. The number of fused-ring (bicyclic) bond motifs is 1. The fourth-order valence-corrected chi connectivity index (χ4v) is 1.43. The highest BCUT2D eigenvalue weighted by atomic mass is 16.4. The molecular weight excluding hydrogens is 164 g/mol. The minimum Gasteiger partial charge on any atom is -0.423 e. The van der Waals surface area contributed by atoms with E-state index in [4.69, 9.17) is 4.42 Å². The van der Waals surface area contributed by atoms with Crippen molar-refractivity contribution in [2.24, 2.45) is 0 Å². The first kappa shape index (κ1) is 8.05. The molecule has 2 rings (SSSR count). The zero-order chi connectivity index (χ0) is 9.42. The summed E-state index contributed by atoms with van der Waals surface area (Å²) < 4.78 is 5.04. The van der Waals surface area contributed by atoms with Crippen LogP contribution < -0.4 is 5.63 Å². The molecule has 0 saturated heterocycles. The van der Waals surface area contributed by atoms with Crippen LogP contribution in [0.1, 0.15) is 11.1 Å². The van der Waals surface area contributed by atoms with Crippen LogP contribution in [0, 0.1) is 13.8 Å². The molecule has 0 atom stereocenters. The molecule has 2 heteroatoms. The van der Waals surface area contributed by atoms with E-state index in [1.165, 1.54) is 11.6 Å². The first-order chi connectivity index (χ1) is 6.16. The highest BCUT2D eigenvalue weighted by molar-refractivity contribution is 5.80. The molecule has 0 radical (unpaired) electrons. The molecular formula is C11H10O2. The molecule has 0 N–H and O–H groups in total. The summed E-state index contributed by atoms with van der Waals surface area (Å²) in [6.45, 7) is 3.93. The van der Waals surface area contributed by atoms with E-state index in [9.17, 15) is 4.79 Å². The molecule has 1 aromatic carbocycles. The van der Waals surface area contributed by atoms with Crippen LogP contribution in [-0.2, 0) is 0 Å². The minimum absolute atomic E-state index is 0.283. The van der Waals surface area contributed by atoms with Crippen LogP contribution in [0.4, 0.5) is 0 Å². The molecule has 66 valence electrons. The van der Waals surface area contributed by atoms with Crippen LogP contribution in [0.15, 0.2) is 33.5 Å². The van der Waals surface area contributed by atoms with Crippen molar-refractivity contribution in [2.75, 3.05) is 0 Å². The van der Waals surface area contributed by atoms with E-state index in [0.29, 0.717) is 5.58 Å². The topological polar surface area (TPSA) is 30.2 Å². The van der Waals surface area contributed by atoms with Crippen molar-refractivity contribution in [3.63, 3.8) is 0 Å². The largest absolute Gasteiger partial charge is 0.423 e. The predicted octanol–water partition coefficient (Wildman–Crippen LogP) is 2.41. The molecule has 0 saturated carbocycles. The van der Waals surface area contributed by atoms with E-state index < -0.39 is 0 Å². The van der Waals surface area contributed by atoms with Gasteiger partial charge in [0.25, 0.3) is 0 Å². The highest BCUT2D eigenvalue weighted by Gasteiger charge is 2.00. The summed E-state index contributed by atoms with van der Waals surface area (Å²) in [4.78, 5) is 11.0. The Bertz CT molecular complexity index is 509. The quantitative estimate of drug-likeness (QED) is 0.574. The molecule has 13 heavy (non-hydrogen) atoms. The number of hydrogen-bond acceptors (Lipinski definition) is 2. The Morgan fingerprint density at radius 2 is 1.92 bits per heavy atom. The SMILES string of the molecule is Cc1ccc2oc(=O)cc(C)c2c1.